The van der Waals surface area contributed by atoms with Crippen molar-refractivity contribution in [3.63, 3.8) is 0 Å². The summed E-state index contributed by atoms with van der Waals surface area (Å²) >= 11 is 18.3. The number of amides is 2. The van der Waals surface area contributed by atoms with E-state index < -0.39 is 0 Å². The van der Waals surface area contributed by atoms with Crippen molar-refractivity contribution in [2.45, 2.75) is 51.7 Å². The molecular formula is C24H26Cl3N5O. The van der Waals surface area contributed by atoms with Gasteiger partial charge in [-0.3, -0.25) is 0 Å². The van der Waals surface area contributed by atoms with E-state index in [1.165, 1.54) is 0 Å². The fourth-order valence-corrected chi connectivity index (χ4v) is 4.70. The summed E-state index contributed by atoms with van der Waals surface area (Å²) in [6.07, 6.45) is 2.48. The Morgan fingerprint density at radius 1 is 1.12 bits per heavy atom. The predicted octanol–water partition coefficient (Wildman–Crippen LogP) is 6.59. The highest BCUT2D eigenvalue weighted by atomic mass is 35.5. The molecule has 2 atom stereocenters. The molecule has 0 aliphatic carbocycles. The normalized spacial score (nSPS) is 16.8. The molecule has 2 heterocycles. The molecule has 3 aromatic rings. The molecule has 33 heavy (non-hydrogen) atoms. The third-order valence-electron chi connectivity index (χ3n) is 6.08. The van der Waals surface area contributed by atoms with E-state index in [9.17, 15) is 4.79 Å². The van der Waals surface area contributed by atoms with Crippen molar-refractivity contribution in [3.8, 4) is 0 Å². The molecule has 2 amide bonds. The zero-order valence-corrected chi connectivity index (χ0v) is 20.8. The molecule has 1 aliphatic heterocycles. The molecule has 1 N–H and O–H groups in total. The van der Waals surface area contributed by atoms with Crippen LogP contribution in [0.5, 0.6) is 0 Å². The summed E-state index contributed by atoms with van der Waals surface area (Å²) < 4.78 is 2.08. The lowest BCUT2D eigenvalue weighted by molar-refractivity contribution is 0.185. The van der Waals surface area contributed by atoms with Crippen molar-refractivity contribution < 1.29 is 4.79 Å². The monoisotopic (exact) mass is 505 g/mol. The molecule has 9 heteroatoms. The van der Waals surface area contributed by atoms with Crippen molar-refractivity contribution in [2.24, 2.45) is 0 Å². The number of nitrogens with one attached hydrogen (secondary N) is 1. The van der Waals surface area contributed by atoms with E-state index in [4.69, 9.17) is 34.8 Å². The Labute approximate surface area is 208 Å². The van der Waals surface area contributed by atoms with E-state index in [0.717, 1.165) is 42.0 Å². The van der Waals surface area contributed by atoms with Crippen LogP contribution in [0.15, 0.2) is 42.5 Å². The number of hydrogen-bond acceptors (Lipinski definition) is 3. The number of halogens is 3. The molecule has 2 aromatic carbocycles. The second kappa shape index (κ2) is 10.3. The van der Waals surface area contributed by atoms with Gasteiger partial charge in [0.25, 0.3) is 0 Å². The molecule has 0 saturated carbocycles. The van der Waals surface area contributed by atoms with Gasteiger partial charge in [0.05, 0.1) is 28.7 Å². The first-order valence-electron chi connectivity index (χ1n) is 11.0. The highest BCUT2D eigenvalue weighted by Crippen LogP contribution is 2.33. The van der Waals surface area contributed by atoms with E-state index in [1.807, 2.05) is 55.1 Å². The number of likely N-dealkylation sites (tertiary alicyclic amines) is 1. The first-order valence-corrected chi connectivity index (χ1v) is 12.2. The van der Waals surface area contributed by atoms with Crippen molar-refractivity contribution in [1.29, 1.82) is 0 Å². The Hall–Kier alpha value is -2.28. The number of rotatable bonds is 6. The molecule has 1 saturated heterocycles. The van der Waals surface area contributed by atoms with E-state index in [2.05, 4.69) is 20.1 Å². The van der Waals surface area contributed by atoms with Gasteiger partial charge >= 0.3 is 6.03 Å². The number of nitrogens with zero attached hydrogens (tertiary/aromatic N) is 4. The van der Waals surface area contributed by atoms with Gasteiger partial charge in [-0.1, -0.05) is 59.9 Å². The van der Waals surface area contributed by atoms with Crippen molar-refractivity contribution in [3.05, 3.63) is 80.3 Å². The number of benzene rings is 2. The lowest BCUT2D eigenvalue weighted by Gasteiger charge is -2.28. The van der Waals surface area contributed by atoms with Gasteiger partial charge < -0.3 is 14.8 Å². The molecular weight excluding hydrogens is 481 g/mol. The van der Waals surface area contributed by atoms with E-state index in [0.29, 0.717) is 28.2 Å². The van der Waals surface area contributed by atoms with Crippen LogP contribution in [0.4, 0.5) is 4.79 Å². The fraction of sp³-hybridized carbons (Fsp3) is 0.375. The number of aromatic nitrogens is 3. The summed E-state index contributed by atoms with van der Waals surface area (Å²) in [4.78, 5) is 15.2. The molecule has 0 bridgehead atoms. The maximum Gasteiger partial charge on any atom is 0.318 e. The van der Waals surface area contributed by atoms with Gasteiger partial charge in [-0.25, -0.2) is 4.79 Å². The van der Waals surface area contributed by atoms with Crippen LogP contribution in [0.3, 0.4) is 0 Å². The minimum atomic E-state index is -0.165. The number of aryl methyl sites for hydroxylation is 1. The number of urea groups is 1. The Morgan fingerprint density at radius 2 is 1.88 bits per heavy atom. The second-order valence-corrected chi connectivity index (χ2v) is 9.50. The van der Waals surface area contributed by atoms with Crippen LogP contribution in [-0.4, -0.2) is 32.2 Å². The van der Waals surface area contributed by atoms with E-state index >= 15 is 0 Å². The minimum Gasteiger partial charge on any atom is -0.331 e. The number of hydrogen-bond donors (Lipinski definition) is 1. The van der Waals surface area contributed by atoms with Gasteiger partial charge in [-0.15, -0.1) is 10.2 Å². The molecule has 0 radical (unpaired) electrons. The van der Waals surface area contributed by atoms with Gasteiger partial charge in [0, 0.05) is 11.6 Å². The molecule has 1 aliphatic rings. The second-order valence-electron chi connectivity index (χ2n) is 8.25. The molecule has 1 aromatic heterocycles. The molecule has 174 valence electrons. The summed E-state index contributed by atoms with van der Waals surface area (Å²) in [5.41, 5.74) is 2.03. The maximum atomic E-state index is 13.3. The quantitative estimate of drug-likeness (QED) is 0.410. The van der Waals surface area contributed by atoms with Crippen molar-refractivity contribution in [1.82, 2.24) is 25.0 Å². The first kappa shape index (κ1) is 23.9. The summed E-state index contributed by atoms with van der Waals surface area (Å²) in [5.74, 6) is 1.62. The number of carbonyl (C=O) groups is 1. The van der Waals surface area contributed by atoms with Gasteiger partial charge in [0.1, 0.15) is 5.82 Å². The minimum absolute atomic E-state index is 0.117. The molecule has 0 unspecified atom stereocenters. The van der Waals surface area contributed by atoms with Crippen molar-refractivity contribution >= 4 is 40.8 Å². The van der Waals surface area contributed by atoms with Crippen LogP contribution in [0.1, 0.15) is 61.0 Å². The average molecular weight is 507 g/mol. The first-order chi connectivity index (χ1) is 15.9. The van der Waals surface area contributed by atoms with Gasteiger partial charge in [0.2, 0.25) is 0 Å². The van der Waals surface area contributed by atoms with Crippen molar-refractivity contribution in [2.75, 3.05) is 6.54 Å². The summed E-state index contributed by atoms with van der Waals surface area (Å²) in [5, 5.41) is 13.6. The van der Waals surface area contributed by atoms with E-state index in [-0.39, 0.29) is 18.1 Å². The van der Waals surface area contributed by atoms with Crippen LogP contribution < -0.4 is 5.32 Å². The predicted molar refractivity (Wildman–Crippen MR) is 132 cm³/mol. The third-order valence-corrected chi connectivity index (χ3v) is 7.07. The van der Waals surface area contributed by atoms with Crippen LogP contribution in [0.25, 0.3) is 0 Å². The van der Waals surface area contributed by atoms with Gasteiger partial charge in [-0.05, 0) is 61.6 Å². The fourth-order valence-electron chi connectivity index (χ4n) is 4.27. The molecule has 0 spiro atoms. The average Bonchev–Trinajstić information content (AvgIpc) is 3.42. The van der Waals surface area contributed by atoms with Crippen LogP contribution in [0.2, 0.25) is 15.1 Å². The van der Waals surface area contributed by atoms with E-state index in [1.54, 1.807) is 6.07 Å². The van der Waals surface area contributed by atoms with Gasteiger partial charge in [0.15, 0.2) is 5.82 Å². The van der Waals surface area contributed by atoms with Crippen LogP contribution >= 0.6 is 34.8 Å². The lowest BCUT2D eigenvalue weighted by Crippen LogP contribution is -2.41. The zero-order valence-electron chi connectivity index (χ0n) is 18.6. The highest BCUT2D eigenvalue weighted by Gasteiger charge is 2.34. The maximum absolute atomic E-state index is 13.3. The largest absolute Gasteiger partial charge is 0.331 e. The standard InChI is InChI=1S/C24H26Cl3N5O/c1-3-21(17-8-11-19(26)20(27)13-17)28-24(33)31-12-4-5-22(31)23-30-29-15(2)32(23)14-16-6-9-18(25)10-7-16/h6-11,13,21-22H,3-5,12,14H2,1-2H3,(H,28,33)/t21-,22+/m0/s1. The van der Waals surface area contributed by atoms with Crippen LogP contribution in [-0.2, 0) is 6.54 Å². The number of carbonyl (C=O) groups excluding carboxylic acids is 1. The Balaban J connectivity index is 1.53. The Bertz CT molecular complexity index is 1130. The SMILES string of the molecule is CC[C@H](NC(=O)N1CCC[C@@H]1c1nnc(C)n1Cc1ccc(Cl)cc1)c1ccc(Cl)c(Cl)c1. The lowest BCUT2D eigenvalue weighted by atomic mass is 10.0. The van der Waals surface area contributed by atoms with Gasteiger partial charge in [-0.2, -0.15) is 0 Å². The summed E-state index contributed by atoms with van der Waals surface area (Å²) in [6.45, 7) is 5.25. The smallest absolute Gasteiger partial charge is 0.318 e. The Morgan fingerprint density at radius 3 is 2.58 bits per heavy atom. The zero-order chi connectivity index (χ0) is 23.5. The highest BCUT2D eigenvalue weighted by molar-refractivity contribution is 6.42. The topological polar surface area (TPSA) is 63.1 Å². The molecule has 1 fully saturated rings. The summed E-state index contributed by atoms with van der Waals surface area (Å²) in [7, 11) is 0. The summed E-state index contributed by atoms with van der Waals surface area (Å²) in [6, 6.07) is 12.8. The molecule has 6 nitrogen and oxygen atoms in total. The molecule has 4 rings (SSSR count). The Kier molecular flexibility index (Phi) is 7.47. The third kappa shape index (κ3) is 5.29. The van der Waals surface area contributed by atoms with Crippen LogP contribution in [0, 0.1) is 6.92 Å².